The standard InChI is InChI=1S/C14H18F5N3/c1-2-20-13(22-8-6-14(17,18)19)21-7-5-10-9-11(15)3-4-12(10)16/h3-4,9H,2,5-8H2,1H3,(H2,20,21,22). The summed E-state index contributed by atoms with van der Waals surface area (Å²) >= 11 is 0. The average molecular weight is 323 g/mol. The maximum atomic E-state index is 13.4. The van der Waals surface area contributed by atoms with Gasteiger partial charge < -0.3 is 10.6 Å². The Kier molecular flexibility index (Phi) is 7.07. The molecule has 3 nitrogen and oxygen atoms in total. The first-order valence-electron chi connectivity index (χ1n) is 6.84. The second-order valence-electron chi connectivity index (χ2n) is 4.54. The normalized spacial score (nSPS) is 12.4. The average Bonchev–Trinajstić information content (AvgIpc) is 2.41. The Bertz CT molecular complexity index is 500. The number of guanidine groups is 1. The van der Waals surface area contributed by atoms with Gasteiger partial charge in [0.25, 0.3) is 0 Å². The van der Waals surface area contributed by atoms with Gasteiger partial charge in [0.1, 0.15) is 11.6 Å². The lowest BCUT2D eigenvalue weighted by Crippen LogP contribution is -2.38. The van der Waals surface area contributed by atoms with Crippen molar-refractivity contribution in [3.63, 3.8) is 0 Å². The number of hydrogen-bond donors (Lipinski definition) is 2. The maximum absolute atomic E-state index is 13.4. The van der Waals surface area contributed by atoms with Gasteiger partial charge in [0.05, 0.1) is 13.0 Å². The quantitative estimate of drug-likeness (QED) is 0.480. The zero-order valence-corrected chi connectivity index (χ0v) is 12.1. The number of benzene rings is 1. The van der Waals surface area contributed by atoms with Crippen LogP contribution in [-0.2, 0) is 6.42 Å². The topological polar surface area (TPSA) is 36.4 Å². The van der Waals surface area contributed by atoms with E-state index in [0.717, 1.165) is 18.2 Å². The lowest BCUT2D eigenvalue weighted by atomic mass is 10.1. The lowest BCUT2D eigenvalue weighted by Gasteiger charge is -2.12. The van der Waals surface area contributed by atoms with Gasteiger partial charge in [-0.25, -0.2) is 8.78 Å². The lowest BCUT2D eigenvalue weighted by molar-refractivity contribution is -0.132. The maximum Gasteiger partial charge on any atom is 0.390 e. The van der Waals surface area contributed by atoms with Crippen molar-refractivity contribution in [3.05, 3.63) is 35.4 Å². The summed E-state index contributed by atoms with van der Waals surface area (Å²) in [4.78, 5) is 3.78. The highest BCUT2D eigenvalue weighted by molar-refractivity contribution is 5.79. The van der Waals surface area contributed by atoms with Gasteiger partial charge in [0.15, 0.2) is 5.96 Å². The summed E-state index contributed by atoms with van der Waals surface area (Å²) < 4.78 is 62.6. The van der Waals surface area contributed by atoms with Gasteiger partial charge in [-0.1, -0.05) is 0 Å². The van der Waals surface area contributed by atoms with Crippen LogP contribution in [0.1, 0.15) is 18.9 Å². The molecule has 8 heteroatoms. The Hall–Kier alpha value is -1.86. The number of nitrogens with zero attached hydrogens (tertiary/aromatic N) is 1. The number of alkyl halides is 3. The third kappa shape index (κ3) is 7.24. The van der Waals surface area contributed by atoms with Crippen LogP contribution in [0.15, 0.2) is 23.2 Å². The highest BCUT2D eigenvalue weighted by Gasteiger charge is 2.26. The summed E-state index contributed by atoms with van der Waals surface area (Å²) in [5.74, 6) is -0.854. The predicted octanol–water partition coefficient (Wildman–Crippen LogP) is 3.01. The van der Waals surface area contributed by atoms with Gasteiger partial charge in [0.2, 0.25) is 0 Å². The van der Waals surface area contributed by atoms with Crippen molar-refractivity contribution >= 4 is 5.96 Å². The molecule has 2 N–H and O–H groups in total. The van der Waals surface area contributed by atoms with Crippen molar-refractivity contribution in [1.29, 1.82) is 0 Å². The van der Waals surface area contributed by atoms with Crippen LogP contribution in [-0.4, -0.2) is 31.8 Å². The third-order valence-corrected chi connectivity index (χ3v) is 2.70. The zero-order valence-electron chi connectivity index (χ0n) is 12.1. The van der Waals surface area contributed by atoms with E-state index in [2.05, 4.69) is 15.6 Å². The molecule has 1 rings (SSSR count). The molecule has 0 bridgehead atoms. The molecule has 0 saturated heterocycles. The van der Waals surface area contributed by atoms with Gasteiger partial charge in [0, 0.05) is 13.1 Å². The second-order valence-corrected chi connectivity index (χ2v) is 4.54. The summed E-state index contributed by atoms with van der Waals surface area (Å²) in [6.07, 6.45) is -5.08. The minimum absolute atomic E-state index is 0.188. The van der Waals surface area contributed by atoms with Crippen LogP contribution in [0.25, 0.3) is 0 Å². The van der Waals surface area contributed by atoms with Crippen molar-refractivity contribution in [2.24, 2.45) is 4.99 Å². The molecule has 0 atom stereocenters. The van der Waals surface area contributed by atoms with Gasteiger partial charge in [-0.05, 0) is 37.1 Å². The van der Waals surface area contributed by atoms with Crippen molar-refractivity contribution in [2.45, 2.75) is 25.9 Å². The van der Waals surface area contributed by atoms with E-state index in [9.17, 15) is 22.0 Å². The number of aliphatic imine (C=N–C) groups is 1. The molecule has 1 aromatic rings. The fraction of sp³-hybridized carbons (Fsp3) is 0.500. The Morgan fingerprint density at radius 1 is 1.18 bits per heavy atom. The van der Waals surface area contributed by atoms with Crippen molar-refractivity contribution in [2.75, 3.05) is 19.6 Å². The smallest absolute Gasteiger partial charge is 0.357 e. The van der Waals surface area contributed by atoms with Crippen LogP contribution in [0, 0.1) is 11.6 Å². The SMILES string of the molecule is CCNC(=NCCC(F)(F)F)NCCc1cc(F)ccc1F. The molecule has 0 saturated carbocycles. The number of rotatable bonds is 6. The van der Waals surface area contributed by atoms with Crippen LogP contribution < -0.4 is 10.6 Å². The zero-order chi connectivity index (χ0) is 16.6. The van der Waals surface area contributed by atoms with Crippen molar-refractivity contribution in [3.8, 4) is 0 Å². The van der Waals surface area contributed by atoms with Crippen molar-refractivity contribution < 1.29 is 22.0 Å². The van der Waals surface area contributed by atoms with Gasteiger partial charge in [-0.3, -0.25) is 4.99 Å². The highest BCUT2D eigenvalue weighted by Crippen LogP contribution is 2.18. The highest BCUT2D eigenvalue weighted by atomic mass is 19.4. The molecule has 0 heterocycles. The fourth-order valence-corrected chi connectivity index (χ4v) is 1.69. The van der Waals surface area contributed by atoms with Crippen LogP contribution in [0.2, 0.25) is 0 Å². The van der Waals surface area contributed by atoms with Gasteiger partial charge in [-0.15, -0.1) is 0 Å². The molecule has 0 aromatic heterocycles. The van der Waals surface area contributed by atoms with Crippen LogP contribution in [0.3, 0.4) is 0 Å². The minimum Gasteiger partial charge on any atom is -0.357 e. The minimum atomic E-state index is -4.26. The Labute approximate surface area is 125 Å². The number of hydrogen-bond acceptors (Lipinski definition) is 1. The monoisotopic (exact) mass is 323 g/mol. The molecule has 0 aliphatic carbocycles. The van der Waals surface area contributed by atoms with E-state index < -0.39 is 30.8 Å². The van der Waals surface area contributed by atoms with E-state index in [1.807, 2.05) is 0 Å². The molecule has 0 radical (unpaired) electrons. The van der Waals surface area contributed by atoms with Crippen LogP contribution in [0.4, 0.5) is 22.0 Å². The summed E-state index contributed by atoms with van der Waals surface area (Å²) in [5, 5.41) is 5.57. The molecule has 1 aromatic carbocycles. The molecule has 0 fully saturated rings. The van der Waals surface area contributed by atoms with E-state index in [-0.39, 0.29) is 24.5 Å². The number of halogens is 5. The molecule has 0 spiro atoms. The third-order valence-electron chi connectivity index (χ3n) is 2.70. The summed E-state index contributed by atoms with van der Waals surface area (Å²) in [6.45, 7) is 2.07. The molecular formula is C14H18F5N3. The first-order valence-corrected chi connectivity index (χ1v) is 6.84. The summed E-state index contributed by atoms with van der Waals surface area (Å²) in [6, 6.07) is 3.15. The Morgan fingerprint density at radius 2 is 1.91 bits per heavy atom. The van der Waals surface area contributed by atoms with E-state index >= 15 is 0 Å². The molecular weight excluding hydrogens is 305 g/mol. The summed E-state index contributed by atoms with van der Waals surface area (Å²) in [5.41, 5.74) is 0.193. The predicted molar refractivity (Wildman–Crippen MR) is 74.7 cm³/mol. The van der Waals surface area contributed by atoms with Gasteiger partial charge in [-0.2, -0.15) is 13.2 Å². The van der Waals surface area contributed by atoms with E-state index in [0.29, 0.717) is 6.54 Å². The molecule has 22 heavy (non-hydrogen) atoms. The van der Waals surface area contributed by atoms with Crippen molar-refractivity contribution in [1.82, 2.24) is 10.6 Å². The van der Waals surface area contributed by atoms with Gasteiger partial charge >= 0.3 is 6.18 Å². The second kappa shape index (κ2) is 8.55. The first-order chi connectivity index (χ1) is 10.3. The first kappa shape index (κ1) is 18.2. The molecule has 0 unspecified atom stereocenters. The molecule has 0 amide bonds. The van der Waals surface area contributed by atoms with E-state index in [1.54, 1.807) is 6.92 Å². The summed E-state index contributed by atoms with van der Waals surface area (Å²) in [7, 11) is 0. The largest absolute Gasteiger partial charge is 0.390 e. The molecule has 124 valence electrons. The Balaban J connectivity index is 2.50. The van der Waals surface area contributed by atoms with E-state index in [4.69, 9.17) is 0 Å². The van der Waals surface area contributed by atoms with E-state index in [1.165, 1.54) is 0 Å². The van der Waals surface area contributed by atoms with Crippen LogP contribution >= 0.6 is 0 Å². The fourth-order valence-electron chi connectivity index (χ4n) is 1.69. The Morgan fingerprint density at radius 3 is 2.55 bits per heavy atom. The van der Waals surface area contributed by atoms with Crippen LogP contribution in [0.5, 0.6) is 0 Å². The molecule has 0 aliphatic heterocycles. The number of nitrogens with one attached hydrogen (secondary N) is 2. The molecule has 0 aliphatic rings.